The number of amides is 3. The first kappa shape index (κ1) is 20.6. The van der Waals surface area contributed by atoms with Crippen LogP contribution in [0.2, 0.25) is 5.02 Å². The number of hydrogen-bond donors (Lipinski definition) is 1. The fraction of sp³-hybridized carbons (Fsp3) is 0.333. The zero-order valence-corrected chi connectivity index (χ0v) is 17.4. The van der Waals surface area contributed by atoms with E-state index >= 15 is 0 Å². The SMILES string of the molecule is CN(Cc1ccc(Cl)cc1)C(=O)Nc1ccc(CC(=O)N2CCSCC2)cc1. The van der Waals surface area contributed by atoms with Crippen LogP contribution >= 0.6 is 23.4 Å². The average molecular weight is 418 g/mol. The summed E-state index contributed by atoms with van der Waals surface area (Å²) in [5.41, 5.74) is 2.67. The van der Waals surface area contributed by atoms with Gasteiger partial charge in [0.25, 0.3) is 0 Å². The van der Waals surface area contributed by atoms with Crippen LogP contribution in [0, 0.1) is 0 Å². The Labute approximate surface area is 175 Å². The van der Waals surface area contributed by atoms with Gasteiger partial charge in [-0.2, -0.15) is 11.8 Å². The number of carbonyl (C=O) groups excluding carboxylic acids is 2. The predicted molar refractivity (Wildman–Crippen MR) is 116 cm³/mol. The highest BCUT2D eigenvalue weighted by Crippen LogP contribution is 2.15. The van der Waals surface area contributed by atoms with Gasteiger partial charge in [0.2, 0.25) is 5.91 Å². The van der Waals surface area contributed by atoms with Crippen molar-refractivity contribution in [1.29, 1.82) is 0 Å². The van der Waals surface area contributed by atoms with Gasteiger partial charge in [-0.25, -0.2) is 4.79 Å². The normalized spacial score (nSPS) is 13.9. The molecule has 1 fully saturated rings. The predicted octanol–water partition coefficient (Wildman–Crippen LogP) is 4.12. The molecule has 0 unspecified atom stereocenters. The molecular formula is C21H24ClN3O2S. The van der Waals surface area contributed by atoms with Crippen LogP contribution in [0.25, 0.3) is 0 Å². The minimum absolute atomic E-state index is 0.166. The monoisotopic (exact) mass is 417 g/mol. The lowest BCUT2D eigenvalue weighted by atomic mass is 10.1. The van der Waals surface area contributed by atoms with Gasteiger partial charge in [-0.15, -0.1) is 0 Å². The van der Waals surface area contributed by atoms with Gasteiger partial charge in [0.05, 0.1) is 6.42 Å². The summed E-state index contributed by atoms with van der Waals surface area (Å²) in [4.78, 5) is 28.3. The molecule has 0 aromatic heterocycles. The lowest BCUT2D eigenvalue weighted by Gasteiger charge is -2.26. The lowest BCUT2D eigenvalue weighted by Crippen LogP contribution is -2.38. The average Bonchev–Trinajstić information content (AvgIpc) is 2.71. The van der Waals surface area contributed by atoms with Crippen molar-refractivity contribution in [1.82, 2.24) is 9.80 Å². The molecule has 7 heteroatoms. The maximum Gasteiger partial charge on any atom is 0.321 e. The first-order chi connectivity index (χ1) is 13.5. The third-order valence-electron chi connectivity index (χ3n) is 4.60. The van der Waals surface area contributed by atoms with Gasteiger partial charge in [-0.1, -0.05) is 35.9 Å². The van der Waals surface area contributed by atoms with E-state index in [0.29, 0.717) is 23.7 Å². The van der Waals surface area contributed by atoms with Crippen molar-refractivity contribution in [2.45, 2.75) is 13.0 Å². The second-order valence-electron chi connectivity index (χ2n) is 6.78. The van der Waals surface area contributed by atoms with Crippen LogP contribution in [0.4, 0.5) is 10.5 Å². The summed E-state index contributed by atoms with van der Waals surface area (Å²) in [5.74, 6) is 2.19. The van der Waals surface area contributed by atoms with E-state index in [2.05, 4.69) is 5.32 Å². The van der Waals surface area contributed by atoms with E-state index in [0.717, 1.165) is 35.7 Å². The Hall–Kier alpha value is -2.18. The number of halogens is 1. The third-order valence-corrected chi connectivity index (χ3v) is 5.80. The Balaban J connectivity index is 1.50. The lowest BCUT2D eigenvalue weighted by molar-refractivity contribution is -0.130. The third kappa shape index (κ3) is 5.91. The first-order valence-electron chi connectivity index (χ1n) is 9.22. The van der Waals surface area contributed by atoms with Crippen LogP contribution in [0.1, 0.15) is 11.1 Å². The number of urea groups is 1. The molecule has 5 nitrogen and oxygen atoms in total. The van der Waals surface area contributed by atoms with Crippen molar-refractivity contribution in [3.05, 3.63) is 64.7 Å². The van der Waals surface area contributed by atoms with E-state index in [1.54, 1.807) is 11.9 Å². The molecule has 1 saturated heterocycles. The number of anilines is 1. The van der Waals surface area contributed by atoms with Gasteiger partial charge in [0.15, 0.2) is 0 Å². The highest BCUT2D eigenvalue weighted by molar-refractivity contribution is 7.99. The molecule has 3 amide bonds. The molecule has 1 N–H and O–H groups in total. The van der Waals surface area contributed by atoms with E-state index in [4.69, 9.17) is 11.6 Å². The quantitative estimate of drug-likeness (QED) is 0.796. The van der Waals surface area contributed by atoms with Gasteiger partial charge >= 0.3 is 6.03 Å². The van der Waals surface area contributed by atoms with E-state index < -0.39 is 0 Å². The van der Waals surface area contributed by atoms with E-state index in [1.165, 1.54) is 0 Å². The summed E-state index contributed by atoms with van der Waals surface area (Å²) in [6.45, 7) is 2.15. The van der Waals surface area contributed by atoms with Crippen LogP contribution in [0.15, 0.2) is 48.5 Å². The fourth-order valence-electron chi connectivity index (χ4n) is 2.96. The van der Waals surface area contributed by atoms with Crippen molar-refractivity contribution in [3.8, 4) is 0 Å². The second-order valence-corrected chi connectivity index (χ2v) is 8.44. The van der Waals surface area contributed by atoms with Crippen molar-refractivity contribution in [2.75, 3.05) is 37.0 Å². The van der Waals surface area contributed by atoms with Gasteiger partial charge in [-0.05, 0) is 35.4 Å². The van der Waals surface area contributed by atoms with Gasteiger partial charge in [0, 0.05) is 48.9 Å². The molecule has 3 rings (SSSR count). The molecule has 0 saturated carbocycles. The highest BCUT2D eigenvalue weighted by atomic mass is 35.5. The molecular weight excluding hydrogens is 394 g/mol. The molecule has 1 heterocycles. The molecule has 1 aliphatic rings. The number of nitrogens with zero attached hydrogens (tertiary/aromatic N) is 2. The van der Waals surface area contributed by atoms with Gasteiger partial charge < -0.3 is 15.1 Å². The van der Waals surface area contributed by atoms with E-state index in [1.807, 2.05) is 65.2 Å². The number of nitrogens with one attached hydrogen (secondary N) is 1. The summed E-state index contributed by atoms with van der Waals surface area (Å²) >= 11 is 7.78. The van der Waals surface area contributed by atoms with Crippen LogP contribution in [0.5, 0.6) is 0 Å². The fourth-order valence-corrected chi connectivity index (χ4v) is 3.99. The zero-order valence-electron chi connectivity index (χ0n) is 15.9. The first-order valence-corrected chi connectivity index (χ1v) is 10.8. The van der Waals surface area contributed by atoms with Crippen molar-refractivity contribution < 1.29 is 9.59 Å². The number of rotatable bonds is 5. The van der Waals surface area contributed by atoms with Crippen LogP contribution < -0.4 is 5.32 Å². The minimum atomic E-state index is -0.190. The zero-order chi connectivity index (χ0) is 19.9. The summed E-state index contributed by atoms with van der Waals surface area (Å²) in [7, 11) is 1.74. The Morgan fingerprint density at radius 2 is 1.64 bits per heavy atom. The maximum absolute atomic E-state index is 12.4. The summed E-state index contributed by atoms with van der Waals surface area (Å²) in [6.07, 6.45) is 0.398. The van der Waals surface area contributed by atoms with Crippen LogP contribution in [-0.4, -0.2) is 53.4 Å². The molecule has 0 atom stereocenters. The molecule has 2 aromatic carbocycles. The molecule has 1 aliphatic heterocycles. The summed E-state index contributed by atoms with van der Waals surface area (Å²) < 4.78 is 0. The molecule has 0 bridgehead atoms. The summed E-state index contributed by atoms with van der Waals surface area (Å²) in [6, 6.07) is 14.7. The molecule has 0 spiro atoms. The smallest absolute Gasteiger partial charge is 0.321 e. The largest absolute Gasteiger partial charge is 0.341 e. The summed E-state index contributed by atoms with van der Waals surface area (Å²) in [5, 5.41) is 3.55. The number of carbonyl (C=O) groups is 2. The molecule has 28 heavy (non-hydrogen) atoms. The standard InChI is InChI=1S/C21H24ClN3O2S/c1-24(15-17-2-6-18(22)7-3-17)21(27)23-19-8-4-16(5-9-19)14-20(26)25-10-12-28-13-11-25/h2-9H,10-15H2,1H3,(H,23,27). The number of hydrogen-bond acceptors (Lipinski definition) is 3. The topological polar surface area (TPSA) is 52.7 Å². The van der Waals surface area contributed by atoms with Crippen molar-refractivity contribution in [2.24, 2.45) is 0 Å². The van der Waals surface area contributed by atoms with Crippen LogP contribution in [-0.2, 0) is 17.8 Å². The highest BCUT2D eigenvalue weighted by Gasteiger charge is 2.17. The molecule has 148 valence electrons. The molecule has 2 aromatic rings. The van der Waals surface area contributed by atoms with Crippen molar-refractivity contribution >= 4 is 41.0 Å². The Bertz CT molecular complexity index is 805. The van der Waals surface area contributed by atoms with Crippen LogP contribution in [0.3, 0.4) is 0 Å². The second kappa shape index (κ2) is 9.85. The maximum atomic E-state index is 12.4. The minimum Gasteiger partial charge on any atom is -0.341 e. The van der Waals surface area contributed by atoms with E-state index in [-0.39, 0.29) is 11.9 Å². The van der Waals surface area contributed by atoms with Gasteiger partial charge in [-0.3, -0.25) is 4.79 Å². The van der Waals surface area contributed by atoms with Gasteiger partial charge in [0.1, 0.15) is 0 Å². The Morgan fingerprint density at radius 3 is 2.29 bits per heavy atom. The Kier molecular flexibility index (Phi) is 7.23. The molecule has 0 radical (unpaired) electrons. The van der Waals surface area contributed by atoms with Crippen molar-refractivity contribution in [3.63, 3.8) is 0 Å². The Morgan fingerprint density at radius 1 is 1.04 bits per heavy atom. The molecule has 0 aliphatic carbocycles. The van der Waals surface area contributed by atoms with E-state index in [9.17, 15) is 9.59 Å². The number of thioether (sulfide) groups is 1. The number of benzene rings is 2.